The number of hydrogen-bond donors (Lipinski definition) is 1. The van der Waals surface area contributed by atoms with Crippen LogP contribution in [0.2, 0.25) is 0 Å². The van der Waals surface area contributed by atoms with E-state index in [1.54, 1.807) is 23.4 Å². The van der Waals surface area contributed by atoms with Crippen molar-refractivity contribution in [1.29, 1.82) is 0 Å². The Bertz CT molecular complexity index is 754. The third kappa shape index (κ3) is 5.53. The lowest BCUT2D eigenvalue weighted by atomic mass is 10.2. The number of nitrogens with one attached hydrogen (secondary N) is 1. The van der Waals surface area contributed by atoms with Gasteiger partial charge in [-0.2, -0.15) is 0 Å². The fraction of sp³-hybridized carbons (Fsp3) is 0.389. The number of anilines is 1. The summed E-state index contributed by atoms with van der Waals surface area (Å²) in [7, 11) is 1.73. The van der Waals surface area contributed by atoms with E-state index in [0.717, 1.165) is 35.1 Å². The Balaban J connectivity index is 1.70. The van der Waals surface area contributed by atoms with Gasteiger partial charge in [0.2, 0.25) is 5.91 Å². The van der Waals surface area contributed by atoms with Gasteiger partial charge < -0.3 is 5.32 Å². The maximum atomic E-state index is 11.9. The molecule has 128 valence electrons. The summed E-state index contributed by atoms with van der Waals surface area (Å²) in [5, 5.41) is 3.62. The molecule has 1 aromatic heterocycles. The first kappa shape index (κ1) is 18.3. The Morgan fingerprint density at radius 1 is 1.21 bits per heavy atom. The van der Waals surface area contributed by atoms with Crippen LogP contribution in [0.5, 0.6) is 0 Å². The van der Waals surface area contributed by atoms with Crippen molar-refractivity contribution in [3.05, 3.63) is 51.9 Å². The zero-order valence-corrected chi connectivity index (χ0v) is 15.2. The van der Waals surface area contributed by atoms with Gasteiger partial charge in [0.25, 0.3) is 5.56 Å². The summed E-state index contributed by atoms with van der Waals surface area (Å²) in [6, 6.07) is 9.30. The van der Waals surface area contributed by atoms with Crippen molar-refractivity contribution < 1.29 is 4.79 Å². The second-order valence-corrected chi connectivity index (χ2v) is 6.86. The topological polar surface area (TPSA) is 64.0 Å². The molecule has 1 heterocycles. The average Bonchev–Trinajstić information content (AvgIpc) is 2.53. The van der Waals surface area contributed by atoms with Gasteiger partial charge in [0.1, 0.15) is 0 Å². The van der Waals surface area contributed by atoms with Crippen LogP contribution >= 0.6 is 11.8 Å². The highest BCUT2D eigenvalue weighted by molar-refractivity contribution is 7.99. The van der Waals surface area contributed by atoms with Crippen LogP contribution in [0.3, 0.4) is 0 Å². The number of rotatable bonds is 7. The molecule has 1 N–H and O–H groups in total. The zero-order valence-electron chi connectivity index (χ0n) is 14.3. The number of nitrogens with zero attached hydrogens (tertiary/aromatic N) is 2. The first-order chi connectivity index (χ1) is 11.5. The van der Waals surface area contributed by atoms with Crippen molar-refractivity contribution in [3.8, 4) is 0 Å². The maximum Gasteiger partial charge on any atom is 0.254 e. The molecule has 1 aromatic carbocycles. The van der Waals surface area contributed by atoms with Gasteiger partial charge in [-0.15, -0.1) is 0 Å². The van der Waals surface area contributed by atoms with Gasteiger partial charge in [-0.1, -0.05) is 29.5 Å². The number of aromatic nitrogens is 2. The van der Waals surface area contributed by atoms with Crippen molar-refractivity contribution in [3.63, 3.8) is 0 Å². The van der Waals surface area contributed by atoms with Crippen molar-refractivity contribution in [2.75, 3.05) is 11.1 Å². The van der Waals surface area contributed by atoms with E-state index >= 15 is 0 Å². The normalized spacial score (nSPS) is 10.6. The zero-order chi connectivity index (χ0) is 17.5. The molecular weight excluding hydrogens is 322 g/mol. The van der Waals surface area contributed by atoms with E-state index < -0.39 is 0 Å². The highest BCUT2D eigenvalue weighted by Gasteiger charge is 2.05. The minimum absolute atomic E-state index is 0.0323. The molecular formula is C18H23N3O2S. The average molecular weight is 345 g/mol. The molecule has 5 nitrogen and oxygen atoms in total. The van der Waals surface area contributed by atoms with E-state index in [1.165, 1.54) is 11.6 Å². The van der Waals surface area contributed by atoms with Gasteiger partial charge in [-0.25, -0.2) is 4.98 Å². The summed E-state index contributed by atoms with van der Waals surface area (Å²) >= 11 is 1.55. The van der Waals surface area contributed by atoms with Crippen LogP contribution in [0.25, 0.3) is 0 Å². The van der Waals surface area contributed by atoms with Crippen LogP contribution in [0, 0.1) is 13.8 Å². The Hall–Kier alpha value is -2.08. The minimum atomic E-state index is -0.0394. The van der Waals surface area contributed by atoms with Gasteiger partial charge in [0.05, 0.1) is 0 Å². The number of hydrogen-bond acceptors (Lipinski definition) is 4. The lowest BCUT2D eigenvalue weighted by Crippen LogP contribution is -2.19. The van der Waals surface area contributed by atoms with Crippen molar-refractivity contribution in [2.45, 2.75) is 38.3 Å². The van der Waals surface area contributed by atoms with E-state index in [0.29, 0.717) is 6.42 Å². The van der Waals surface area contributed by atoms with E-state index in [2.05, 4.69) is 10.3 Å². The second-order valence-electron chi connectivity index (χ2n) is 5.80. The van der Waals surface area contributed by atoms with Gasteiger partial charge >= 0.3 is 0 Å². The summed E-state index contributed by atoms with van der Waals surface area (Å²) in [5.41, 5.74) is 2.70. The number of carbonyl (C=O) groups excluding carboxylic acids is 1. The van der Waals surface area contributed by atoms with Crippen LogP contribution in [0.4, 0.5) is 5.69 Å². The molecule has 0 aliphatic rings. The largest absolute Gasteiger partial charge is 0.326 e. The van der Waals surface area contributed by atoms with E-state index in [-0.39, 0.29) is 11.5 Å². The summed E-state index contributed by atoms with van der Waals surface area (Å²) in [6.45, 7) is 3.84. The highest BCUT2D eigenvalue weighted by Crippen LogP contribution is 2.16. The molecule has 1 amide bonds. The molecule has 0 bridgehead atoms. The van der Waals surface area contributed by atoms with Gasteiger partial charge in [-0.05, 0) is 38.8 Å². The molecule has 24 heavy (non-hydrogen) atoms. The van der Waals surface area contributed by atoms with Gasteiger partial charge in [0.15, 0.2) is 5.16 Å². The van der Waals surface area contributed by atoms with Crippen LogP contribution in [0.15, 0.2) is 40.3 Å². The van der Waals surface area contributed by atoms with Gasteiger partial charge in [-0.3, -0.25) is 14.2 Å². The van der Waals surface area contributed by atoms with Crippen LogP contribution in [0.1, 0.15) is 30.5 Å². The number of carbonyl (C=O) groups is 1. The summed E-state index contributed by atoms with van der Waals surface area (Å²) < 4.78 is 1.56. The number of unbranched alkanes of at least 4 members (excludes halogenated alkanes) is 1. The standard InChI is InChI=1S/C18H23N3O2S/c1-13-7-9-15(10-8-13)20-16(22)6-4-5-11-24-18-19-14(2)12-17(23)21(18)3/h7-10,12H,4-6,11H2,1-3H3,(H,20,22). The third-order valence-corrected chi connectivity index (χ3v) is 4.70. The first-order valence-corrected chi connectivity index (χ1v) is 8.98. The lowest BCUT2D eigenvalue weighted by Gasteiger charge is -2.07. The minimum Gasteiger partial charge on any atom is -0.326 e. The number of thioether (sulfide) groups is 1. The molecule has 0 saturated heterocycles. The molecule has 6 heteroatoms. The van der Waals surface area contributed by atoms with Crippen LogP contribution in [-0.2, 0) is 11.8 Å². The van der Waals surface area contributed by atoms with Crippen molar-refractivity contribution >= 4 is 23.4 Å². The molecule has 0 spiro atoms. The molecule has 0 radical (unpaired) electrons. The second kappa shape index (κ2) is 8.68. The van der Waals surface area contributed by atoms with Crippen molar-refractivity contribution in [1.82, 2.24) is 9.55 Å². The SMILES string of the molecule is Cc1ccc(NC(=O)CCCCSc2nc(C)cc(=O)n2C)cc1. The summed E-state index contributed by atoms with van der Waals surface area (Å²) in [6.07, 6.45) is 2.20. The van der Waals surface area contributed by atoms with E-state index in [1.807, 2.05) is 38.1 Å². The molecule has 0 aliphatic heterocycles. The third-order valence-electron chi connectivity index (χ3n) is 3.59. The molecule has 0 aliphatic carbocycles. The fourth-order valence-electron chi connectivity index (χ4n) is 2.17. The van der Waals surface area contributed by atoms with E-state index in [9.17, 15) is 9.59 Å². The van der Waals surface area contributed by atoms with Gasteiger partial charge in [0, 0.05) is 36.7 Å². The number of benzene rings is 1. The summed E-state index contributed by atoms with van der Waals surface area (Å²) in [4.78, 5) is 28.0. The molecule has 0 fully saturated rings. The highest BCUT2D eigenvalue weighted by atomic mass is 32.2. The van der Waals surface area contributed by atoms with E-state index in [4.69, 9.17) is 0 Å². The Labute approximate surface area is 146 Å². The Morgan fingerprint density at radius 3 is 2.62 bits per heavy atom. The smallest absolute Gasteiger partial charge is 0.254 e. The first-order valence-electron chi connectivity index (χ1n) is 7.99. The number of aryl methyl sites for hydroxylation is 2. The van der Waals surface area contributed by atoms with Crippen LogP contribution in [-0.4, -0.2) is 21.2 Å². The maximum absolute atomic E-state index is 11.9. The van der Waals surface area contributed by atoms with Crippen LogP contribution < -0.4 is 10.9 Å². The fourth-order valence-corrected chi connectivity index (χ4v) is 3.19. The number of amides is 1. The Morgan fingerprint density at radius 2 is 1.92 bits per heavy atom. The molecule has 0 saturated carbocycles. The predicted molar refractivity (Wildman–Crippen MR) is 98.6 cm³/mol. The van der Waals surface area contributed by atoms with Crippen molar-refractivity contribution in [2.24, 2.45) is 7.05 Å². The Kier molecular flexibility index (Phi) is 6.61. The summed E-state index contributed by atoms with van der Waals surface area (Å²) in [5.74, 6) is 0.867. The monoisotopic (exact) mass is 345 g/mol. The predicted octanol–water partition coefficient (Wildman–Crippen LogP) is 3.30. The quantitative estimate of drug-likeness (QED) is 0.475. The lowest BCUT2D eigenvalue weighted by molar-refractivity contribution is -0.116. The molecule has 2 rings (SSSR count). The molecule has 0 atom stereocenters. The molecule has 0 unspecified atom stereocenters. The molecule has 2 aromatic rings.